The first-order valence-corrected chi connectivity index (χ1v) is 18.5. The van der Waals surface area contributed by atoms with Crippen molar-refractivity contribution in [1.82, 2.24) is 24.1 Å². The third-order valence-electron chi connectivity index (χ3n) is 10.2. The molecule has 4 aromatic heterocycles. The highest BCUT2D eigenvalue weighted by atomic mass is 32.1. The number of rotatable bonds is 5. The summed E-state index contributed by atoms with van der Waals surface area (Å²) in [5, 5.41) is 6.23. The van der Waals surface area contributed by atoms with Crippen molar-refractivity contribution in [2.75, 3.05) is 0 Å². The van der Waals surface area contributed by atoms with E-state index in [2.05, 4.69) is 125 Å². The zero-order valence-electron chi connectivity index (χ0n) is 28.4. The molecule has 0 radical (unpaired) electrons. The van der Waals surface area contributed by atoms with Crippen molar-refractivity contribution in [3.63, 3.8) is 0 Å². The molecule has 0 bridgehead atoms. The molecule has 248 valence electrons. The Hall–Kier alpha value is -6.89. The van der Waals surface area contributed by atoms with Crippen LogP contribution in [0, 0.1) is 0 Å². The van der Waals surface area contributed by atoms with Crippen LogP contribution in [-0.4, -0.2) is 24.1 Å². The molecule has 11 aromatic rings. The lowest BCUT2D eigenvalue weighted by Gasteiger charge is -2.11. The third-order valence-corrected chi connectivity index (χ3v) is 11.3. The van der Waals surface area contributed by atoms with E-state index in [1.54, 1.807) is 0 Å². The molecule has 0 saturated heterocycles. The average Bonchev–Trinajstić information content (AvgIpc) is 3.92. The van der Waals surface area contributed by atoms with Crippen LogP contribution >= 0.6 is 11.3 Å². The molecular formula is C47H29N5S. The Morgan fingerprint density at radius 1 is 0.415 bits per heavy atom. The molecule has 0 amide bonds. The minimum atomic E-state index is 0.640. The van der Waals surface area contributed by atoms with Crippen LogP contribution in [0.5, 0.6) is 0 Å². The first-order chi connectivity index (χ1) is 26.3. The van der Waals surface area contributed by atoms with Crippen LogP contribution < -0.4 is 0 Å². The number of para-hydroxylation sites is 1. The van der Waals surface area contributed by atoms with E-state index in [1.807, 2.05) is 72.0 Å². The number of aromatic nitrogens is 5. The Kier molecular flexibility index (Phi) is 6.66. The van der Waals surface area contributed by atoms with Gasteiger partial charge in [0.1, 0.15) is 0 Å². The zero-order chi connectivity index (χ0) is 34.9. The topological polar surface area (TPSA) is 48.5 Å². The van der Waals surface area contributed by atoms with Crippen molar-refractivity contribution < 1.29 is 0 Å². The summed E-state index contributed by atoms with van der Waals surface area (Å²) in [6.07, 6.45) is 2.17. The lowest BCUT2D eigenvalue weighted by atomic mass is 10.1. The van der Waals surface area contributed by atoms with E-state index in [0.29, 0.717) is 17.5 Å². The van der Waals surface area contributed by atoms with E-state index in [4.69, 9.17) is 15.0 Å². The highest BCUT2D eigenvalue weighted by molar-refractivity contribution is 7.26. The van der Waals surface area contributed by atoms with E-state index in [9.17, 15) is 0 Å². The van der Waals surface area contributed by atoms with Crippen molar-refractivity contribution in [1.29, 1.82) is 0 Å². The number of hydrogen-bond acceptors (Lipinski definition) is 4. The van der Waals surface area contributed by atoms with Gasteiger partial charge < -0.3 is 9.13 Å². The second-order valence-corrected chi connectivity index (χ2v) is 14.4. The van der Waals surface area contributed by atoms with E-state index >= 15 is 0 Å². The van der Waals surface area contributed by atoms with Gasteiger partial charge in [0, 0.05) is 70.6 Å². The maximum atomic E-state index is 4.99. The van der Waals surface area contributed by atoms with Crippen LogP contribution in [0.15, 0.2) is 176 Å². The van der Waals surface area contributed by atoms with Gasteiger partial charge in [0.05, 0.1) is 16.6 Å². The second kappa shape index (κ2) is 11.8. The van der Waals surface area contributed by atoms with E-state index in [1.165, 1.54) is 52.9 Å². The quantitative estimate of drug-likeness (QED) is 0.180. The SMILES string of the molecule is c1ccc(-c2nc(-c3ccccc3)nc(-c3ccc(-n4c5cc6ccn(-c7ccccc7)c6cc5c5ccc6sc7ccccc7c6c54)cc3)n2)cc1. The summed E-state index contributed by atoms with van der Waals surface area (Å²) in [6.45, 7) is 0. The van der Waals surface area contributed by atoms with E-state index in [0.717, 1.165) is 28.1 Å². The average molecular weight is 696 g/mol. The van der Waals surface area contributed by atoms with Gasteiger partial charge in [0.25, 0.3) is 0 Å². The van der Waals surface area contributed by atoms with Gasteiger partial charge in [0.15, 0.2) is 17.5 Å². The van der Waals surface area contributed by atoms with Crippen LogP contribution in [0.2, 0.25) is 0 Å². The van der Waals surface area contributed by atoms with Crippen LogP contribution in [-0.2, 0) is 0 Å². The van der Waals surface area contributed by atoms with Crippen molar-refractivity contribution in [2.24, 2.45) is 0 Å². The van der Waals surface area contributed by atoms with Gasteiger partial charge in [-0.1, -0.05) is 103 Å². The Morgan fingerprint density at radius 2 is 1.02 bits per heavy atom. The van der Waals surface area contributed by atoms with Gasteiger partial charge in [-0.2, -0.15) is 0 Å². The molecule has 0 atom stereocenters. The third kappa shape index (κ3) is 4.80. The summed E-state index contributed by atoms with van der Waals surface area (Å²) >= 11 is 1.85. The molecule has 0 unspecified atom stereocenters. The van der Waals surface area contributed by atoms with Crippen LogP contribution in [0.1, 0.15) is 0 Å². The predicted octanol–water partition coefficient (Wildman–Crippen LogP) is 12.3. The normalized spacial score (nSPS) is 11.8. The Bertz CT molecular complexity index is 3080. The Morgan fingerprint density at radius 3 is 1.70 bits per heavy atom. The van der Waals surface area contributed by atoms with E-state index in [-0.39, 0.29) is 0 Å². The monoisotopic (exact) mass is 695 g/mol. The van der Waals surface area contributed by atoms with Crippen LogP contribution in [0.25, 0.3) is 98.4 Å². The highest BCUT2D eigenvalue weighted by Crippen LogP contribution is 2.44. The molecule has 0 aliphatic carbocycles. The Labute approximate surface area is 308 Å². The highest BCUT2D eigenvalue weighted by Gasteiger charge is 2.20. The summed E-state index contributed by atoms with van der Waals surface area (Å²) in [6, 6.07) is 59.8. The number of nitrogens with zero attached hydrogens (tertiary/aromatic N) is 5. The minimum absolute atomic E-state index is 0.640. The van der Waals surface area contributed by atoms with Crippen molar-refractivity contribution in [3.05, 3.63) is 176 Å². The van der Waals surface area contributed by atoms with E-state index < -0.39 is 0 Å². The van der Waals surface area contributed by atoms with Gasteiger partial charge in [0.2, 0.25) is 0 Å². The molecule has 53 heavy (non-hydrogen) atoms. The summed E-state index contributed by atoms with van der Waals surface area (Å²) < 4.78 is 7.31. The maximum absolute atomic E-state index is 4.99. The fourth-order valence-corrected chi connectivity index (χ4v) is 8.83. The molecule has 0 spiro atoms. The molecule has 4 heterocycles. The second-order valence-electron chi connectivity index (χ2n) is 13.3. The smallest absolute Gasteiger partial charge is 0.164 e. The standard InChI is InChI=1S/C47H29N5S/c1-4-12-30(13-5-1)45-48-46(31-14-6-2-7-15-31)50-47(49-45)32-20-22-35(23-21-32)52-40-28-33-26-27-51(34-16-8-3-9-17-34)39(33)29-38(40)36-24-25-42-43(44(36)52)37-18-10-11-19-41(37)53-42/h1-29H. The number of benzene rings is 7. The molecule has 0 aliphatic heterocycles. The predicted molar refractivity (Wildman–Crippen MR) is 220 cm³/mol. The molecule has 5 nitrogen and oxygen atoms in total. The zero-order valence-corrected chi connectivity index (χ0v) is 29.2. The lowest BCUT2D eigenvalue weighted by Crippen LogP contribution is -2.00. The molecule has 11 rings (SSSR count). The maximum Gasteiger partial charge on any atom is 0.164 e. The number of hydrogen-bond donors (Lipinski definition) is 0. The summed E-state index contributed by atoms with van der Waals surface area (Å²) in [4.78, 5) is 14.9. The van der Waals surface area contributed by atoms with Crippen molar-refractivity contribution in [3.8, 4) is 45.5 Å². The number of thiophene rings is 1. The number of fused-ring (bicyclic) bond motifs is 8. The summed E-state index contributed by atoms with van der Waals surface area (Å²) in [7, 11) is 0. The van der Waals surface area contributed by atoms with Gasteiger partial charge in [-0.05, 0) is 66.7 Å². The van der Waals surface area contributed by atoms with Crippen molar-refractivity contribution >= 4 is 64.2 Å². The first kappa shape index (κ1) is 29.8. The fraction of sp³-hybridized carbons (Fsp3) is 0. The molecule has 6 heteroatoms. The summed E-state index contributed by atoms with van der Waals surface area (Å²) in [5.74, 6) is 1.94. The molecule has 0 saturated carbocycles. The summed E-state index contributed by atoms with van der Waals surface area (Å²) in [5.41, 5.74) is 8.65. The largest absolute Gasteiger partial charge is 0.317 e. The first-order valence-electron chi connectivity index (χ1n) is 17.7. The van der Waals surface area contributed by atoms with Gasteiger partial charge in [-0.3, -0.25) is 0 Å². The Balaban J connectivity index is 1.14. The molecule has 7 aromatic carbocycles. The molecule has 0 fully saturated rings. The van der Waals surface area contributed by atoms with Crippen LogP contribution in [0.3, 0.4) is 0 Å². The lowest BCUT2D eigenvalue weighted by molar-refractivity contribution is 1.07. The molecular weight excluding hydrogens is 667 g/mol. The minimum Gasteiger partial charge on any atom is -0.317 e. The van der Waals surface area contributed by atoms with Crippen molar-refractivity contribution in [2.45, 2.75) is 0 Å². The van der Waals surface area contributed by atoms with Gasteiger partial charge in [-0.15, -0.1) is 11.3 Å². The molecule has 0 aliphatic rings. The van der Waals surface area contributed by atoms with Crippen LogP contribution in [0.4, 0.5) is 0 Å². The fourth-order valence-electron chi connectivity index (χ4n) is 7.72. The van der Waals surface area contributed by atoms with Gasteiger partial charge >= 0.3 is 0 Å². The van der Waals surface area contributed by atoms with Gasteiger partial charge in [-0.25, -0.2) is 15.0 Å². The molecule has 0 N–H and O–H groups in total.